The van der Waals surface area contributed by atoms with E-state index in [0.29, 0.717) is 27.9 Å². The monoisotopic (exact) mass is 342 g/mol. The number of amides is 1. The molecule has 0 aliphatic rings. The minimum Gasteiger partial charge on any atom is -0.360 e. The Kier molecular flexibility index (Phi) is 4.48. The zero-order valence-electron chi connectivity index (χ0n) is 13.1. The lowest BCUT2D eigenvalue weighted by Crippen LogP contribution is -2.12. The third-order valence-corrected chi connectivity index (χ3v) is 3.57. The van der Waals surface area contributed by atoms with Crippen molar-refractivity contribution < 1.29 is 9.32 Å². The average Bonchev–Trinajstić information content (AvgIpc) is 2.95. The minimum atomic E-state index is -0.313. The molecule has 0 unspecified atom stereocenters. The number of hydrogen-bond acceptors (Lipinski definition) is 5. The summed E-state index contributed by atoms with van der Waals surface area (Å²) in [5.74, 6) is 0.675. The number of hydrogen-bond donors (Lipinski definition) is 2. The summed E-state index contributed by atoms with van der Waals surface area (Å²) in [6.07, 6.45) is 3.13. The molecule has 3 aromatic rings. The van der Waals surface area contributed by atoms with E-state index >= 15 is 0 Å². The van der Waals surface area contributed by atoms with E-state index in [1.807, 2.05) is 19.1 Å². The molecule has 24 heavy (non-hydrogen) atoms. The molecular weight excluding hydrogens is 328 g/mol. The second kappa shape index (κ2) is 6.72. The van der Waals surface area contributed by atoms with Gasteiger partial charge in [0.05, 0.1) is 17.4 Å². The van der Waals surface area contributed by atoms with Crippen molar-refractivity contribution in [3.8, 4) is 0 Å². The Morgan fingerprint density at radius 2 is 2.00 bits per heavy atom. The normalized spacial score (nSPS) is 10.5. The van der Waals surface area contributed by atoms with Gasteiger partial charge in [-0.3, -0.25) is 9.78 Å². The van der Waals surface area contributed by atoms with Gasteiger partial charge in [-0.1, -0.05) is 16.8 Å². The van der Waals surface area contributed by atoms with Crippen molar-refractivity contribution in [1.29, 1.82) is 0 Å². The number of pyridine rings is 1. The summed E-state index contributed by atoms with van der Waals surface area (Å²) in [6.45, 7) is 3.70. The summed E-state index contributed by atoms with van der Waals surface area (Å²) in [5.41, 5.74) is 3.00. The predicted molar refractivity (Wildman–Crippen MR) is 92.9 cm³/mol. The van der Waals surface area contributed by atoms with Gasteiger partial charge in [0.15, 0.2) is 5.82 Å². The first-order valence-corrected chi connectivity index (χ1v) is 7.62. The SMILES string of the molecule is Cc1cc(NC(=O)c2cncc(Nc3ccc(Cl)cc3C)c2)no1. The van der Waals surface area contributed by atoms with Crippen LogP contribution >= 0.6 is 11.6 Å². The van der Waals surface area contributed by atoms with Gasteiger partial charge in [-0.05, 0) is 43.7 Å². The van der Waals surface area contributed by atoms with Crippen LogP contribution in [0.15, 0.2) is 47.2 Å². The topological polar surface area (TPSA) is 80.0 Å². The smallest absolute Gasteiger partial charge is 0.258 e. The van der Waals surface area contributed by atoms with Crippen LogP contribution < -0.4 is 10.6 Å². The number of carbonyl (C=O) groups excluding carboxylic acids is 1. The highest BCUT2D eigenvalue weighted by atomic mass is 35.5. The Balaban J connectivity index is 1.77. The molecule has 0 saturated carbocycles. The van der Waals surface area contributed by atoms with E-state index in [4.69, 9.17) is 16.1 Å². The molecule has 0 aliphatic heterocycles. The van der Waals surface area contributed by atoms with Crippen molar-refractivity contribution in [2.75, 3.05) is 10.6 Å². The molecule has 0 saturated heterocycles. The predicted octanol–water partition coefficient (Wildman–Crippen LogP) is 4.34. The second-order valence-corrected chi connectivity index (χ2v) is 5.76. The number of nitrogens with one attached hydrogen (secondary N) is 2. The first-order chi connectivity index (χ1) is 11.5. The Morgan fingerprint density at radius 3 is 2.71 bits per heavy atom. The van der Waals surface area contributed by atoms with Gasteiger partial charge in [0.25, 0.3) is 5.91 Å². The molecule has 0 bridgehead atoms. The van der Waals surface area contributed by atoms with E-state index in [2.05, 4.69) is 20.8 Å². The lowest BCUT2D eigenvalue weighted by atomic mass is 10.2. The van der Waals surface area contributed by atoms with Crippen LogP contribution in [-0.4, -0.2) is 16.0 Å². The Morgan fingerprint density at radius 1 is 1.17 bits per heavy atom. The number of aryl methyl sites for hydroxylation is 2. The van der Waals surface area contributed by atoms with Gasteiger partial charge in [-0.25, -0.2) is 0 Å². The van der Waals surface area contributed by atoms with Crippen LogP contribution in [0.4, 0.5) is 17.2 Å². The quantitative estimate of drug-likeness (QED) is 0.737. The van der Waals surface area contributed by atoms with Gasteiger partial charge >= 0.3 is 0 Å². The largest absolute Gasteiger partial charge is 0.360 e. The summed E-state index contributed by atoms with van der Waals surface area (Å²) < 4.78 is 4.92. The van der Waals surface area contributed by atoms with Crippen LogP contribution in [0.2, 0.25) is 5.02 Å². The molecule has 3 rings (SSSR count). The van der Waals surface area contributed by atoms with Gasteiger partial charge in [-0.15, -0.1) is 0 Å². The van der Waals surface area contributed by atoms with Crippen LogP contribution in [-0.2, 0) is 0 Å². The molecule has 122 valence electrons. The number of rotatable bonds is 4. The molecule has 0 spiro atoms. The summed E-state index contributed by atoms with van der Waals surface area (Å²) in [5, 5.41) is 10.3. The zero-order valence-corrected chi connectivity index (χ0v) is 13.9. The van der Waals surface area contributed by atoms with Crippen molar-refractivity contribution >= 4 is 34.7 Å². The first kappa shape index (κ1) is 16.0. The Bertz CT molecular complexity index is 892. The maximum atomic E-state index is 12.3. The number of aromatic nitrogens is 2. The molecular formula is C17H15ClN4O2. The van der Waals surface area contributed by atoms with E-state index in [9.17, 15) is 4.79 Å². The molecule has 2 heterocycles. The number of anilines is 3. The highest BCUT2D eigenvalue weighted by Crippen LogP contribution is 2.23. The molecule has 1 aromatic carbocycles. The van der Waals surface area contributed by atoms with Gasteiger partial charge < -0.3 is 15.2 Å². The van der Waals surface area contributed by atoms with Crippen LogP contribution in [0, 0.1) is 13.8 Å². The molecule has 1 amide bonds. The fourth-order valence-corrected chi connectivity index (χ4v) is 2.40. The maximum absolute atomic E-state index is 12.3. The van der Waals surface area contributed by atoms with Gasteiger partial charge in [0.2, 0.25) is 0 Å². The lowest BCUT2D eigenvalue weighted by Gasteiger charge is -2.10. The number of carbonyl (C=O) groups is 1. The molecule has 0 atom stereocenters. The molecule has 0 fully saturated rings. The van der Waals surface area contributed by atoms with Crippen LogP contribution in [0.3, 0.4) is 0 Å². The highest BCUT2D eigenvalue weighted by Gasteiger charge is 2.10. The second-order valence-electron chi connectivity index (χ2n) is 5.32. The number of benzene rings is 1. The zero-order chi connectivity index (χ0) is 17.1. The average molecular weight is 343 g/mol. The molecule has 2 aromatic heterocycles. The molecule has 0 radical (unpaired) electrons. The van der Waals surface area contributed by atoms with Gasteiger partial charge in [-0.2, -0.15) is 0 Å². The number of halogens is 1. The van der Waals surface area contributed by atoms with Gasteiger partial charge in [0.1, 0.15) is 5.76 Å². The summed E-state index contributed by atoms with van der Waals surface area (Å²) in [7, 11) is 0. The van der Waals surface area contributed by atoms with E-state index < -0.39 is 0 Å². The minimum absolute atomic E-state index is 0.313. The Hall–Kier alpha value is -2.86. The van der Waals surface area contributed by atoms with Crippen molar-refractivity contribution in [3.63, 3.8) is 0 Å². The molecule has 7 heteroatoms. The molecule has 6 nitrogen and oxygen atoms in total. The summed E-state index contributed by atoms with van der Waals surface area (Å²) in [6, 6.07) is 8.89. The number of nitrogens with zero attached hydrogens (tertiary/aromatic N) is 2. The van der Waals surface area contributed by atoms with Crippen LogP contribution in [0.1, 0.15) is 21.7 Å². The van der Waals surface area contributed by atoms with Crippen molar-refractivity contribution in [1.82, 2.24) is 10.1 Å². The van der Waals surface area contributed by atoms with Crippen LogP contribution in [0.25, 0.3) is 0 Å². The van der Waals surface area contributed by atoms with E-state index in [-0.39, 0.29) is 5.91 Å². The van der Waals surface area contributed by atoms with E-state index in [1.165, 1.54) is 6.20 Å². The van der Waals surface area contributed by atoms with Crippen molar-refractivity contribution in [2.24, 2.45) is 0 Å². The van der Waals surface area contributed by atoms with E-state index in [1.54, 1.807) is 31.3 Å². The third kappa shape index (κ3) is 3.72. The lowest BCUT2D eigenvalue weighted by molar-refractivity contribution is 0.102. The summed E-state index contributed by atoms with van der Waals surface area (Å²) in [4.78, 5) is 16.4. The van der Waals surface area contributed by atoms with Gasteiger partial charge in [0, 0.05) is 23.0 Å². The third-order valence-electron chi connectivity index (χ3n) is 3.34. The van der Waals surface area contributed by atoms with Crippen molar-refractivity contribution in [2.45, 2.75) is 13.8 Å². The highest BCUT2D eigenvalue weighted by molar-refractivity contribution is 6.30. The van der Waals surface area contributed by atoms with E-state index in [0.717, 1.165) is 11.3 Å². The van der Waals surface area contributed by atoms with Crippen LogP contribution in [0.5, 0.6) is 0 Å². The standard InChI is InChI=1S/C17H15ClN4O2/c1-10-5-13(18)3-4-15(10)20-14-7-12(8-19-9-14)17(23)21-16-6-11(2)24-22-16/h3-9,20H,1-2H3,(H,21,22,23). The fourth-order valence-electron chi connectivity index (χ4n) is 2.17. The maximum Gasteiger partial charge on any atom is 0.258 e. The Labute approximate surface area is 143 Å². The van der Waals surface area contributed by atoms with Crippen molar-refractivity contribution in [3.05, 3.63) is 64.6 Å². The fraction of sp³-hybridized carbons (Fsp3) is 0.118. The summed E-state index contributed by atoms with van der Waals surface area (Å²) >= 11 is 5.96. The molecule has 0 aliphatic carbocycles. The molecule has 2 N–H and O–H groups in total. The first-order valence-electron chi connectivity index (χ1n) is 7.24.